The lowest BCUT2D eigenvalue weighted by molar-refractivity contribution is 0.340. The Balaban J connectivity index is 1.85. The van der Waals surface area contributed by atoms with E-state index in [-0.39, 0.29) is 0 Å². The van der Waals surface area contributed by atoms with Gasteiger partial charge in [0.1, 0.15) is 5.82 Å². The summed E-state index contributed by atoms with van der Waals surface area (Å²) in [5.41, 5.74) is 5.66. The Morgan fingerprint density at radius 1 is 1.25 bits per heavy atom. The minimum Gasteiger partial charge on any atom is -0.330 e. The highest BCUT2D eigenvalue weighted by atomic mass is 15.4. The number of hydrogen-bond donors (Lipinski definition) is 1. The summed E-state index contributed by atoms with van der Waals surface area (Å²) in [6, 6.07) is 0.509. The number of hydrogen-bond acceptors (Lipinski definition) is 3. The molecule has 16 heavy (non-hydrogen) atoms. The van der Waals surface area contributed by atoms with Gasteiger partial charge in [0.25, 0.3) is 0 Å². The predicted molar refractivity (Wildman–Crippen MR) is 62.3 cm³/mol. The van der Waals surface area contributed by atoms with E-state index in [1.807, 2.05) is 0 Å². The molecule has 0 spiro atoms. The molecule has 0 bridgehead atoms. The molecular formula is C12H20N4. The first-order chi connectivity index (χ1) is 7.88. The Morgan fingerprint density at radius 3 is 2.81 bits per heavy atom. The Hall–Kier alpha value is -0.900. The topological polar surface area (TPSA) is 56.7 Å². The van der Waals surface area contributed by atoms with Crippen LogP contribution in [-0.2, 0) is 6.42 Å². The fourth-order valence-electron chi connectivity index (χ4n) is 2.75. The summed E-state index contributed by atoms with van der Waals surface area (Å²) in [6.45, 7) is 0.753. The summed E-state index contributed by atoms with van der Waals surface area (Å²) in [4.78, 5) is 4.72. The molecular weight excluding hydrogens is 200 g/mol. The fourth-order valence-corrected chi connectivity index (χ4v) is 2.75. The SMILES string of the molecule is NCCC1CCCc2nc(C3CCC3)nn21. The second-order valence-electron chi connectivity index (χ2n) is 5.08. The molecule has 4 heteroatoms. The van der Waals surface area contributed by atoms with Crippen LogP contribution in [0.15, 0.2) is 0 Å². The minimum absolute atomic E-state index is 0.509. The van der Waals surface area contributed by atoms with Gasteiger partial charge in [-0.1, -0.05) is 6.42 Å². The van der Waals surface area contributed by atoms with Gasteiger partial charge in [0.2, 0.25) is 0 Å². The van der Waals surface area contributed by atoms with Crippen LogP contribution in [0.2, 0.25) is 0 Å². The number of nitrogens with zero attached hydrogens (tertiary/aromatic N) is 3. The van der Waals surface area contributed by atoms with E-state index in [1.54, 1.807) is 0 Å². The lowest BCUT2D eigenvalue weighted by Crippen LogP contribution is -2.22. The molecule has 2 N–H and O–H groups in total. The largest absolute Gasteiger partial charge is 0.330 e. The lowest BCUT2D eigenvalue weighted by atomic mass is 9.85. The Labute approximate surface area is 96.2 Å². The Bertz CT molecular complexity index is 367. The van der Waals surface area contributed by atoms with E-state index in [2.05, 4.69) is 4.68 Å². The van der Waals surface area contributed by atoms with E-state index in [1.165, 1.54) is 37.9 Å². The summed E-state index contributed by atoms with van der Waals surface area (Å²) in [5.74, 6) is 2.95. The average molecular weight is 220 g/mol. The van der Waals surface area contributed by atoms with Crippen molar-refractivity contribution in [2.75, 3.05) is 6.54 Å². The quantitative estimate of drug-likeness (QED) is 0.844. The van der Waals surface area contributed by atoms with Gasteiger partial charge >= 0.3 is 0 Å². The summed E-state index contributed by atoms with van der Waals surface area (Å²) < 4.78 is 2.17. The number of aromatic nitrogens is 3. The zero-order valence-electron chi connectivity index (χ0n) is 9.73. The van der Waals surface area contributed by atoms with Crippen molar-refractivity contribution < 1.29 is 0 Å². The maximum Gasteiger partial charge on any atom is 0.154 e. The molecule has 1 aliphatic heterocycles. The summed E-state index contributed by atoms with van der Waals surface area (Å²) >= 11 is 0. The molecule has 2 aliphatic rings. The van der Waals surface area contributed by atoms with Gasteiger partial charge in [-0.15, -0.1) is 0 Å². The van der Waals surface area contributed by atoms with Gasteiger partial charge in [-0.25, -0.2) is 9.67 Å². The fraction of sp³-hybridized carbons (Fsp3) is 0.833. The molecule has 0 radical (unpaired) electrons. The average Bonchev–Trinajstić information content (AvgIpc) is 2.59. The molecule has 3 rings (SSSR count). The third kappa shape index (κ3) is 1.65. The van der Waals surface area contributed by atoms with Crippen LogP contribution in [0.5, 0.6) is 0 Å². The van der Waals surface area contributed by atoms with Crippen LogP contribution in [0, 0.1) is 0 Å². The third-order valence-corrected chi connectivity index (χ3v) is 3.97. The monoisotopic (exact) mass is 220 g/mol. The molecule has 1 fully saturated rings. The zero-order chi connectivity index (χ0) is 11.0. The lowest BCUT2D eigenvalue weighted by Gasteiger charge is -2.23. The first kappa shape index (κ1) is 10.3. The second kappa shape index (κ2) is 4.17. The summed E-state index contributed by atoms with van der Waals surface area (Å²) in [7, 11) is 0. The van der Waals surface area contributed by atoms with Gasteiger partial charge in [0, 0.05) is 12.3 Å². The molecule has 1 unspecified atom stereocenters. The van der Waals surface area contributed by atoms with Gasteiger partial charge in [-0.3, -0.25) is 0 Å². The highest BCUT2D eigenvalue weighted by Gasteiger charge is 2.28. The summed E-state index contributed by atoms with van der Waals surface area (Å²) in [6.07, 6.45) is 8.52. The van der Waals surface area contributed by atoms with Gasteiger partial charge in [0.15, 0.2) is 5.82 Å². The van der Waals surface area contributed by atoms with Gasteiger partial charge < -0.3 is 5.73 Å². The highest BCUT2D eigenvalue weighted by molar-refractivity contribution is 5.05. The van der Waals surface area contributed by atoms with E-state index < -0.39 is 0 Å². The second-order valence-corrected chi connectivity index (χ2v) is 5.08. The van der Waals surface area contributed by atoms with Crippen LogP contribution in [0.1, 0.15) is 62.1 Å². The van der Waals surface area contributed by atoms with E-state index in [0.29, 0.717) is 12.0 Å². The normalized spacial score (nSPS) is 25.2. The van der Waals surface area contributed by atoms with Crippen molar-refractivity contribution in [2.45, 2.75) is 56.9 Å². The van der Waals surface area contributed by atoms with Gasteiger partial charge in [-0.05, 0) is 38.6 Å². The molecule has 1 aromatic rings. The molecule has 88 valence electrons. The molecule has 4 nitrogen and oxygen atoms in total. The number of aryl methyl sites for hydroxylation is 1. The molecule has 0 saturated heterocycles. The first-order valence-electron chi connectivity index (χ1n) is 6.54. The zero-order valence-corrected chi connectivity index (χ0v) is 9.73. The van der Waals surface area contributed by atoms with Crippen LogP contribution in [-0.4, -0.2) is 21.3 Å². The number of nitrogens with two attached hydrogens (primary N) is 1. The third-order valence-electron chi connectivity index (χ3n) is 3.97. The van der Waals surface area contributed by atoms with Crippen LogP contribution in [0.4, 0.5) is 0 Å². The molecule has 1 saturated carbocycles. The van der Waals surface area contributed by atoms with Crippen LogP contribution in [0.3, 0.4) is 0 Å². The molecule has 1 atom stereocenters. The van der Waals surface area contributed by atoms with Crippen LogP contribution >= 0.6 is 0 Å². The van der Waals surface area contributed by atoms with Gasteiger partial charge in [-0.2, -0.15) is 5.10 Å². The van der Waals surface area contributed by atoms with E-state index >= 15 is 0 Å². The van der Waals surface area contributed by atoms with E-state index in [9.17, 15) is 0 Å². The van der Waals surface area contributed by atoms with Crippen molar-refractivity contribution >= 4 is 0 Å². The van der Waals surface area contributed by atoms with Gasteiger partial charge in [0.05, 0.1) is 6.04 Å². The number of rotatable bonds is 3. The Kier molecular flexibility index (Phi) is 2.67. The molecule has 1 aliphatic carbocycles. The van der Waals surface area contributed by atoms with Crippen molar-refractivity contribution in [3.05, 3.63) is 11.6 Å². The molecule has 0 amide bonds. The van der Waals surface area contributed by atoms with Crippen molar-refractivity contribution in [3.63, 3.8) is 0 Å². The standard InChI is InChI=1S/C12H20N4/c13-8-7-10-5-2-6-11-14-12(15-16(10)11)9-3-1-4-9/h9-10H,1-8,13H2. The highest BCUT2D eigenvalue weighted by Crippen LogP contribution is 2.36. The smallest absolute Gasteiger partial charge is 0.154 e. The van der Waals surface area contributed by atoms with E-state index in [0.717, 1.165) is 25.2 Å². The van der Waals surface area contributed by atoms with Crippen LogP contribution in [0.25, 0.3) is 0 Å². The van der Waals surface area contributed by atoms with Crippen LogP contribution < -0.4 is 5.73 Å². The molecule has 0 aromatic carbocycles. The maximum atomic E-state index is 5.66. The van der Waals surface area contributed by atoms with Crippen molar-refractivity contribution in [3.8, 4) is 0 Å². The predicted octanol–water partition coefficient (Wildman–Crippen LogP) is 1.77. The minimum atomic E-state index is 0.509. The first-order valence-corrected chi connectivity index (χ1v) is 6.54. The molecule has 1 aromatic heterocycles. The van der Waals surface area contributed by atoms with Crippen molar-refractivity contribution in [1.82, 2.24) is 14.8 Å². The molecule has 2 heterocycles. The Morgan fingerprint density at radius 2 is 2.12 bits per heavy atom. The maximum absolute atomic E-state index is 5.66. The summed E-state index contributed by atoms with van der Waals surface area (Å²) in [5, 5.41) is 4.72. The van der Waals surface area contributed by atoms with Crippen molar-refractivity contribution in [1.29, 1.82) is 0 Å². The van der Waals surface area contributed by atoms with E-state index in [4.69, 9.17) is 15.8 Å². The number of fused-ring (bicyclic) bond motifs is 1. The van der Waals surface area contributed by atoms with Crippen molar-refractivity contribution in [2.24, 2.45) is 5.73 Å².